The molecule has 0 bridgehead atoms. The summed E-state index contributed by atoms with van der Waals surface area (Å²) in [4.78, 5) is 4.49. The predicted molar refractivity (Wildman–Crippen MR) is 92.7 cm³/mol. The molecular weight excluding hydrogens is 318 g/mol. The van der Waals surface area contributed by atoms with Gasteiger partial charge in [-0.2, -0.15) is 0 Å². The summed E-state index contributed by atoms with van der Waals surface area (Å²) in [6, 6.07) is 9.15. The van der Waals surface area contributed by atoms with Gasteiger partial charge in [0.25, 0.3) is 0 Å². The van der Waals surface area contributed by atoms with Crippen molar-refractivity contribution in [1.82, 2.24) is 5.32 Å². The molecular formula is C17H18ClNS2. The Kier molecular flexibility index (Phi) is 4.01. The number of thioether (sulfide) groups is 1. The fraction of sp³-hybridized carbons (Fsp3) is 0.412. The highest BCUT2D eigenvalue weighted by Gasteiger charge is 2.21. The van der Waals surface area contributed by atoms with Crippen molar-refractivity contribution < 1.29 is 0 Å². The van der Waals surface area contributed by atoms with Crippen molar-refractivity contribution in [1.29, 1.82) is 0 Å². The molecule has 1 atom stereocenters. The molecule has 21 heavy (non-hydrogen) atoms. The molecule has 2 aliphatic rings. The van der Waals surface area contributed by atoms with E-state index in [1.54, 1.807) is 10.4 Å². The Balaban J connectivity index is 1.49. The molecule has 1 nitrogen and oxygen atoms in total. The quantitative estimate of drug-likeness (QED) is 0.825. The zero-order chi connectivity index (χ0) is 14.2. The number of halogens is 1. The van der Waals surface area contributed by atoms with E-state index >= 15 is 0 Å². The molecule has 1 N–H and O–H groups in total. The van der Waals surface area contributed by atoms with Crippen molar-refractivity contribution in [3.63, 3.8) is 0 Å². The van der Waals surface area contributed by atoms with Gasteiger partial charge in [-0.25, -0.2) is 0 Å². The lowest BCUT2D eigenvalue weighted by atomic mass is 10.0. The van der Waals surface area contributed by atoms with Crippen LogP contribution in [0.5, 0.6) is 0 Å². The molecule has 1 aromatic carbocycles. The first-order chi connectivity index (χ1) is 10.3. The van der Waals surface area contributed by atoms with Gasteiger partial charge in [0, 0.05) is 32.3 Å². The minimum absolute atomic E-state index is 0.442. The van der Waals surface area contributed by atoms with Gasteiger partial charge in [-0.15, -0.1) is 23.1 Å². The highest BCUT2D eigenvalue weighted by molar-refractivity contribution is 7.99. The molecule has 1 unspecified atom stereocenters. The molecule has 4 rings (SSSR count). The standard InChI is InChI=1S/C17H18ClNS2/c18-12-4-5-17-14(9-12)15(6-7-20-17)19-10-13-8-11-2-1-3-16(11)21-13/h4-5,8-9,15,19H,1-3,6-7,10H2. The monoisotopic (exact) mass is 335 g/mol. The molecule has 0 saturated carbocycles. The fourth-order valence-corrected chi connectivity index (χ4v) is 5.78. The number of rotatable bonds is 3. The fourth-order valence-electron chi connectivity index (χ4n) is 3.28. The summed E-state index contributed by atoms with van der Waals surface area (Å²) in [6.45, 7) is 0.985. The van der Waals surface area contributed by atoms with E-state index in [0.717, 1.165) is 11.6 Å². The molecule has 1 aliphatic heterocycles. The van der Waals surface area contributed by atoms with Gasteiger partial charge in [0.1, 0.15) is 0 Å². The van der Waals surface area contributed by atoms with E-state index in [0.29, 0.717) is 6.04 Å². The van der Waals surface area contributed by atoms with Crippen LogP contribution in [0.1, 0.15) is 39.8 Å². The van der Waals surface area contributed by atoms with E-state index < -0.39 is 0 Å². The van der Waals surface area contributed by atoms with Crippen molar-refractivity contribution in [3.05, 3.63) is 50.2 Å². The van der Waals surface area contributed by atoms with E-state index in [-0.39, 0.29) is 0 Å². The summed E-state index contributed by atoms with van der Waals surface area (Å²) in [7, 11) is 0. The summed E-state index contributed by atoms with van der Waals surface area (Å²) < 4.78 is 0. The number of hydrogen-bond acceptors (Lipinski definition) is 3. The molecule has 0 saturated heterocycles. The van der Waals surface area contributed by atoms with Crippen LogP contribution in [0.25, 0.3) is 0 Å². The van der Waals surface area contributed by atoms with E-state index in [2.05, 4.69) is 23.5 Å². The maximum absolute atomic E-state index is 6.17. The summed E-state index contributed by atoms with van der Waals surface area (Å²) >= 11 is 10.1. The maximum Gasteiger partial charge on any atom is 0.0410 e. The van der Waals surface area contributed by atoms with Crippen LogP contribution in [0, 0.1) is 0 Å². The summed E-state index contributed by atoms with van der Waals surface area (Å²) in [5, 5.41) is 4.59. The summed E-state index contributed by atoms with van der Waals surface area (Å²) in [6.07, 6.45) is 5.10. The van der Waals surface area contributed by atoms with Gasteiger partial charge in [-0.1, -0.05) is 11.6 Å². The van der Waals surface area contributed by atoms with Crippen molar-refractivity contribution in [2.24, 2.45) is 0 Å². The van der Waals surface area contributed by atoms with Crippen molar-refractivity contribution in [2.45, 2.75) is 43.2 Å². The lowest BCUT2D eigenvalue weighted by molar-refractivity contribution is 0.513. The average Bonchev–Trinajstić information content (AvgIpc) is 3.06. The first-order valence-electron chi connectivity index (χ1n) is 7.56. The number of hydrogen-bond donors (Lipinski definition) is 1. The van der Waals surface area contributed by atoms with Crippen LogP contribution in [-0.4, -0.2) is 5.75 Å². The Morgan fingerprint density at radius 3 is 3.10 bits per heavy atom. The smallest absolute Gasteiger partial charge is 0.0410 e. The third kappa shape index (κ3) is 2.89. The van der Waals surface area contributed by atoms with Crippen LogP contribution in [0.2, 0.25) is 5.02 Å². The minimum atomic E-state index is 0.442. The van der Waals surface area contributed by atoms with Crippen LogP contribution in [0.4, 0.5) is 0 Å². The van der Waals surface area contributed by atoms with Crippen LogP contribution < -0.4 is 5.32 Å². The zero-order valence-electron chi connectivity index (χ0n) is 11.8. The third-order valence-corrected chi connectivity index (χ3v) is 6.93. The number of fused-ring (bicyclic) bond motifs is 2. The molecule has 0 amide bonds. The Bertz CT molecular complexity index is 643. The molecule has 1 aliphatic carbocycles. The number of benzene rings is 1. The van der Waals surface area contributed by atoms with Gasteiger partial charge in [0.05, 0.1) is 0 Å². The normalized spacial score (nSPS) is 20.3. The second-order valence-electron chi connectivity index (χ2n) is 5.77. The second kappa shape index (κ2) is 5.96. The van der Waals surface area contributed by atoms with Gasteiger partial charge in [0.2, 0.25) is 0 Å². The molecule has 2 aromatic rings. The van der Waals surface area contributed by atoms with Crippen LogP contribution in [0.3, 0.4) is 0 Å². The lowest BCUT2D eigenvalue weighted by Crippen LogP contribution is -2.23. The largest absolute Gasteiger partial charge is 0.305 e. The van der Waals surface area contributed by atoms with Crippen LogP contribution in [0.15, 0.2) is 29.2 Å². The highest BCUT2D eigenvalue weighted by Crippen LogP contribution is 2.38. The van der Waals surface area contributed by atoms with Crippen molar-refractivity contribution in [3.8, 4) is 0 Å². The van der Waals surface area contributed by atoms with Gasteiger partial charge >= 0.3 is 0 Å². The number of nitrogens with one attached hydrogen (secondary N) is 1. The Morgan fingerprint density at radius 1 is 1.24 bits per heavy atom. The van der Waals surface area contributed by atoms with Gasteiger partial charge in [-0.05, 0) is 66.8 Å². The van der Waals surface area contributed by atoms with E-state index in [1.807, 2.05) is 29.2 Å². The number of thiophene rings is 1. The molecule has 0 fully saturated rings. The zero-order valence-corrected chi connectivity index (χ0v) is 14.2. The third-order valence-electron chi connectivity index (χ3n) is 4.33. The SMILES string of the molecule is Clc1ccc2c(c1)C(NCc1cc3c(s1)CCC3)CCS2. The molecule has 1 aromatic heterocycles. The van der Waals surface area contributed by atoms with Crippen LogP contribution >= 0.6 is 34.7 Å². The van der Waals surface area contributed by atoms with E-state index in [9.17, 15) is 0 Å². The molecule has 4 heteroatoms. The van der Waals surface area contributed by atoms with Crippen molar-refractivity contribution >= 4 is 34.7 Å². The summed E-state index contributed by atoms with van der Waals surface area (Å²) in [5.74, 6) is 1.19. The Labute approximate surface area is 139 Å². The lowest BCUT2D eigenvalue weighted by Gasteiger charge is -2.26. The molecule has 0 radical (unpaired) electrons. The summed E-state index contributed by atoms with van der Waals surface area (Å²) in [5.41, 5.74) is 2.97. The van der Waals surface area contributed by atoms with E-state index in [4.69, 9.17) is 11.6 Å². The highest BCUT2D eigenvalue weighted by atomic mass is 35.5. The molecule has 0 spiro atoms. The van der Waals surface area contributed by atoms with Gasteiger partial charge in [0.15, 0.2) is 0 Å². The number of aryl methyl sites for hydroxylation is 2. The first-order valence-corrected chi connectivity index (χ1v) is 9.74. The first kappa shape index (κ1) is 14.1. The average molecular weight is 336 g/mol. The molecule has 110 valence electrons. The van der Waals surface area contributed by atoms with Gasteiger partial charge in [-0.3, -0.25) is 0 Å². The Morgan fingerprint density at radius 2 is 2.19 bits per heavy atom. The Hall–Kier alpha value is -0.480. The predicted octanol–water partition coefficient (Wildman–Crippen LogP) is 5.22. The second-order valence-corrected chi connectivity index (χ2v) is 8.56. The van der Waals surface area contributed by atoms with E-state index in [1.165, 1.54) is 46.8 Å². The van der Waals surface area contributed by atoms with Crippen molar-refractivity contribution in [2.75, 3.05) is 5.75 Å². The minimum Gasteiger partial charge on any atom is -0.305 e. The molecule has 2 heterocycles. The topological polar surface area (TPSA) is 12.0 Å². The maximum atomic E-state index is 6.17. The van der Waals surface area contributed by atoms with Crippen LogP contribution in [-0.2, 0) is 19.4 Å². The van der Waals surface area contributed by atoms with Gasteiger partial charge < -0.3 is 5.32 Å².